The second-order valence-electron chi connectivity index (χ2n) is 5.05. The molecular weight excluding hydrogens is 236 g/mol. The van der Waals surface area contributed by atoms with E-state index < -0.39 is 0 Å². The number of esters is 1. The molecule has 1 saturated carbocycles. The quantitative estimate of drug-likeness (QED) is 0.597. The first-order chi connectivity index (χ1) is 9.31. The lowest BCUT2D eigenvalue weighted by Crippen LogP contribution is -2.11. The van der Waals surface area contributed by atoms with Gasteiger partial charge in [0.2, 0.25) is 0 Å². The number of allylic oxidation sites excluding steroid dienone is 1. The van der Waals surface area contributed by atoms with Crippen molar-refractivity contribution in [2.24, 2.45) is 5.92 Å². The van der Waals surface area contributed by atoms with Gasteiger partial charge in [0, 0.05) is 6.08 Å². The van der Waals surface area contributed by atoms with Gasteiger partial charge >= 0.3 is 5.97 Å². The zero-order valence-corrected chi connectivity index (χ0v) is 11.6. The standard InChI is InChI=1S/C17H22O2/c1-2-19-17(18)13-16(14-9-5-3-6-10-14)15-11-7-4-8-12-15/h3,5-6,9-10,13,15H,2,4,7-8,11-12H2,1H3/b16-13+. The van der Waals surface area contributed by atoms with Gasteiger partial charge in [0.15, 0.2) is 0 Å². The van der Waals surface area contributed by atoms with Gasteiger partial charge in [0.1, 0.15) is 0 Å². The van der Waals surface area contributed by atoms with E-state index in [1.807, 2.05) is 25.1 Å². The van der Waals surface area contributed by atoms with E-state index >= 15 is 0 Å². The molecule has 1 aromatic carbocycles. The van der Waals surface area contributed by atoms with Crippen molar-refractivity contribution >= 4 is 11.5 Å². The third kappa shape index (κ3) is 3.95. The van der Waals surface area contributed by atoms with Crippen molar-refractivity contribution in [2.45, 2.75) is 39.0 Å². The summed E-state index contributed by atoms with van der Waals surface area (Å²) in [7, 11) is 0. The van der Waals surface area contributed by atoms with Gasteiger partial charge in [0.25, 0.3) is 0 Å². The molecule has 0 N–H and O–H groups in total. The van der Waals surface area contributed by atoms with Crippen molar-refractivity contribution in [2.75, 3.05) is 6.61 Å². The van der Waals surface area contributed by atoms with Gasteiger partial charge in [-0.2, -0.15) is 0 Å². The molecule has 0 aliphatic heterocycles. The highest BCUT2D eigenvalue weighted by atomic mass is 16.5. The van der Waals surface area contributed by atoms with E-state index in [0.29, 0.717) is 12.5 Å². The molecule has 1 aliphatic rings. The largest absolute Gasteiger partial charge is 0.463 e. The van der Waals surface area contributed by atoms with Crippen LogP contribution in [0.25, 0.3) is 5.57 Å². The summed E-state index contributed by atoms with van der Waals surface area (Å²) >= 11 is 0. The number of rotatable bonds is 4. The Kier molecular flexibility index (Phi) is 5.20. The monoisotopic (exact) mass is 258 g/mol. The third-order valence-electron chi connectivity index (χ3n) is 3.71. The summed E-state index contributed by atoms with van der Waals surface area (Å²) in [6.07, 6.45) is 7.91. The third-order valence-corrected chi connectivity index (χ3v) is 3.71. The first kappa shape index (κ1) is 13.9. The molecule has 0 amide bonds. The molecule has 0 bridgehead atoms. The summed E-state index contributed by atoms with van der Waals surface area (Å²) in [5.74, 6) is 0.285. The Bertz CT molecular complexity index is 428. The van der Waals surface area contributed by atoms with Crippen LogP contribution in [0.4, 0.5) is 0 Å². The number of benzene rings is 1. The molecule has 2 heteroatoms. The molecule has 2 rings (SSSR count). The van der Waals surface area contributed by atoms with Gasteiger partial charge in [-0.1, -0.05) is 49.6 Å². The number of carbonyl (C=O) groups is 1. The number of ether oxygens (including phenoxy) is 1. The fourth-order valence-electron chi connectivity index (χ4n) is 2.79. The van der Waals surface area contributed by atoms with Gasteiger partial charge in [-0.3, -0.25) is 0 Å². The molecular formula is C17H22O2. The average molecular weight is 258 g/mol. The maximum absolute atomic E-state index is 11.8. The fourth-order valence-corrected chi connectivity index (χ4v) is 2.79. The highest BCUT2D eigenvalue weighted by molar-refractivity contribution is 5.91. The highest BCUT2D eigenvalue weighted by Gasteiger charge is 2.20. The van der Waals surface area contributed by atoms with Crippen molar-refractivity contribution in [3.63, 3.8) is 0 Å². The SMILES string of the molecule is CCOC(=O)/C=C(\c1ccccc1)C1CCCCC1. The maximum atomic E-state index is 11.8. The van der Waals surface area contributed by atoms with Crippen LogP contribution in [0.5, 0.6) is 0 Å². The Balaban J connectivity index is 2.24. The molecule has 102 valence electrons. The average Bonchev–Trinajstić information content (AvgIpc) is 2.47. The number of carbonyl (C=O) groups excluding carboxylic acids is 1. The number of hydrogen-bond acceptors (Lipinski definition) is 2. The lowest BCUT2D eigenvalue weighted by Gasteiger charge is -2.24. The van der Waals surface area contributed by atoms with Crippen LogP contribution >= 0.6 is 0 Å². The van der Waals surface area contributed by atoms with Crippen molar-refractivity contribution in [1.82, 2.24) is 0 Å². The molecule has 2 nitrogen and oxygen atoms in total. The van der Waals surface area contributed by atoms with Crippen LogP contribution in [0.2, 0.25) is 0 Å². The molecule has 0 saturated heterocycles. The minimum atomic E-state index is -0.216. The first-order valence-electron chi connectivity index (χ1n) is 7.25. The topological polar surface area (TPSA) is 26.3 Å². The zero-order valence-electron chi connectivity index (χ0n) is 11.6. The van der Waals surface area contributed by atoms with Gasteiger partial charge < -0.3 is 4.74 Å². The van der Waals surface area contributed by atoms with Crippen LogP contribution in [0, 0.1) is 5.92 Å². The van der Waals surface area contributed by atoms with Gasteiger partial charge in [-0.05, 0) is 36.8 Å². The van der Waals surface area contributed by atoms with Crippen molar-refractivity contribution in [1.29, 1.82) is 0 Å². The van der Waals surface area contributed by atoms with Crippen LogP contribution in [0.3, 0.4) is 0 Å². The van der Waals surface area contributed by atoms with E-state index in [1.165, 1.54) is 32.1 Å². The summed E-state index contributed by atoms with van der Waals surface area (Å²) < 4.78 is 5.07. The minimum absolute atomic E-state index is 0.216. The van der Waals surface area contributed by atoms with Gasteiger partial charge in [-0.15, -0.1) is 0 Å². The molecule has 1 aliphatic carbocycles. The Labute approximate surface area is 115 Å². The Morgan fingerprint density at radius 3 is 2.53 bits per heavy atom. The van der Waals surface area contributed by atoms with E-state index in [9.17, 15) is 4.79 Å². The van der Waals surface area contributed by atoms with E-state index in [0.717, 1.165) is 11.1 Å². The first-order valence-corrected chi connectivity index (χ1v) is 7.25. The second-order valence-corrected chi connectivity index (χ2v) is 5.05. The van der Waals surface area contributed by atoms with Crippen molar-refractivity contribution in [3.05, 3.63) is 42.0 Å². The van der Waals surface area contributed by atoms with Crippen LogP contribution in [0.15, 0.2) is 36.4 Å². The van der Waals surface area contributed by atoms with E-state index in [1.54, 1.807) is 6.08 Å². The Morgan fingerprint density at radius 1 is 1.21 bits per heavy atom. The molecule has 0 radical (unpaired) electrons. The molecule has 0 atom stereocenters. The summed E-state index contributed by atoms with van der Waals surface area (Å²) in [6, 6.07) is 10.2. The second kappa shape index (κ2) is 7.13. The van der Waals surface area contributed by atoms with Gasteiger partial charge in [-0.25, -0.2) is 4.79 Å². The fraction of sp³-hybridized carbons (Fsp3) is 0.471. The van der Waals surface area contributed by atoms with Crippen LogP contribution < -0.4 is 0 Å². The molecule has 19 heavy (non-hydrogen) atoms. The summed E-state index contributed by atoms with van der Waals surface area (Å²) in [5.41, 5.74) is 2.31. The Morgan fingerprint density at radius 2 is 1.89 bits per heavy atom. The summed E-state index contributed by atoms with van der Waals surface area (Å²) in [5, 5.41) is 0. The van der Waals surface area contributed by atoms with Crippen molar-refractivity contribution < 1.29 is 9.53 Å². The normalized spacial score (nSPS) is 17.2. The smallest absolute Gasteiger partial charge is 0.331 e. The molecule has 0 aromatic heterocycles. The predicted molar refractivity (Wildman–Crippen MR) is 77.6 cm³/mol. The lowest BCUT2D eigenvalue weighted by molar-refractivity contribution is -0.137. The van der Waals surface area contributed by atoms with Crippen LogP contribution in [-0.4, -0.2) is 12.6 Å². The Hall–Kier alpha value is -1.57. The highest BCUT2D eigenvalue weighted by Crippen LogP contribution is 2.35. The molecule has 0 spiro atoms. The zero-order chi connectivity index (χ0) is 13.5. The van der Waals surface area contributed by atoms with Crippen LogP contribution in [-0.2, 0) is 9.53 Å². The molecule has 1 fully saturated rings. The maximum Gasteiger partial charge on any atom is 0.331 e. The van der Waals surface area contributed by atoms with Crippen LogP contribution in [0.1, 0.15) is 44.6 Å². The molecule has 1 aromatic rings. The number of hydrogen-bond donors (Lipinski definition) is 0. The van der Waals surface area contributed by atoms with E-state index in [2.05, 4.69) is 12.1 Å². The lowest BCUT2D eigenvalue weighted by atomic mass is 9.81. The van der Waals surface area contributed by atoms with E-state index in [4.69, 9.17) is 4.74 Å². The minimum Gasteiger partial charge on any atom is -0.463 e. The van der Waals surface area contributed by atoms with Crippen molar-refractivity contribution in [3.8, 4) is 0 Å². The predicted octanol–water partition coefficient (Wildman–Crippen LogP) is 4.21. The molecule has 0 unspecified atom stereocenters. The van der Waals surface area contributed by atoms with E-state index in [-0.39, 0.29) is 5.97 Å². The summed E-state index contributed by atoms with van der Waals surface area (Å²) in [6.45, 7) is 2.27. The van der Waals surface area contributed by atoms with Gasteiger partial charge in [0.05, 0.1) is 6.61 Å². The summed E-state index contributed by atoms with van der Waals surface area (Å²) in [4.78, 5) is 11.8. The molecule has 0 heterocycles.